The lowest BCUT2D eigenvalue weighted by molar-refractivity contribution is -0.0839. The third-order valence-electron chi connectivity index (χ3n) is 6.52. The van der Waals surface area contributed by atoms with Crippen LogP contribution in [-0.2, 0) is 4.74 Å². The topological polar surface area (TPSA) is 29.5 Å². The molecule has 2 saturated carbocycles. The van der Waals surface area contributed by atoms with E-state index < -0.39 is 0 Å². The number of ether oxygens (including phenoxy) is 1. The lowest BCUT2D eigenvalue weighted by Gasteiger charge is -2.52. The minimum absolute atomic E-state index is 0.0791. The van der Waals surface area contributed by atoms with E-state index in [1.807, 2.05) is 0 Å². The number of aliphatic hydroxyl groups is 1. The summed E-state index contributed by atoms with van der Waals surface area (Å²) < 4.78 is 6.40. The standard InChI is InChI=1S/C15H22O2/c1-9-4-5-11-14(3)12(16)10-8-15(9,11)7-6-13(10,2)17-14/h5,9-10,12,16H,4,6-8H2,1-3H3/t9?,10-,12+,13-,14-,15+/m1/s1. The van der Waals surface area contributed by atoms with Crippen LogP contribution in [0.2, 0.25) is 0 Å². The van der Waals surface area contributed by atoms with E-state index in [2.05, 4.69) is 26.8 Å². The first-order chi connectivity index (χ1) is 7.92. The maximum atomic E-state index is 10.6. The Morgan fingerprint density at radius 2 is 2.12 bits per heavy atom. The Kier molecular flexibility index (Phi) is 1.65. The second-order valence-corrected chi connectivity index (χ2v) is 7.19. The zero-order valence-corrected chi connectivity index (χ0v) is 11.0. The van der Waals surface area contributed by atoms with Crippen molar-refractivity contribution < 1.29 is 9.84 Å². The number of hydrogen-bond donors (Lipinski definition) is 1. The maximum Gasteiger partial charge on any atom is 0.114 e. The highest BCUT2D eigenvalue weighted by molar-refractivity contribution is 5.40. The minimum atomic E-state index is -0.390. The second-order valence-electron chi connectivity index (χ2n) is 7.19. The predicted molar refractivity (Wildman–Crippen MR) is 65.5 cm³/mol. The van der Waals surface area contributed by atoms with Crippen LogP contribution >= 0.6 is 0 Å². The molecular formula is C15H22O2. The molecular weight excluding hydrogens is 212 g/mol. The second kappa shape index (κ2) is 2.65. The molecule has 1 unspecified atom stereocenters. The summed E-state index contributed by atoms with van der Waals surface area (Å²) in [6.07, 6.45) is 6.78. The summed E-state index contributed by atoms with van der Waals surface area (Å²) in [5.74, 6) is 1.08. The van der Waals surface area contributed by atoms with Crippen molar-refractivity contribution in [2.45, 2.75) is 63.8 Å². The third kappa shape index (κ3) is 0.910. The van der Waals surface area contributed by atoms with E-state index in [4.69, 9.17) is 4.74 Å². The fraction of sp³-hybridized carbons (Fsp3) is 0.867. The van der Waals surface area contributed by atoms with E-state index in [0.29, 0.717) is 11.3 Å². The number of rotatable bonds is 0. The van der Waals surface area contributed by atoms with Crippen LogP contribution in [0.1, 0.15) is 46.5 Å². The first kappa shape index (κ1) is 10.6. The van der Waals surface area contributed by atoms with Crippen LogP contribution in [-0.4, -0.2) is 22.4 Å². The molecule has 1 heterocycles. The molecule has 17 heavy (non-hydrogen) atoms. The molecule has 4 aliphatic rings. The number of hydrogen-bond acceptors (Lipinski definition) is 2. The van der Waals surface area contributed by atoms with Crippen LogP contribution in [0.3, 0.4) is 0 Å². The average molecular weight is 234 g/mol. The Hall–Kier alpha value is -0.340. The van der Waals surface area contributed by atoms with Gasteiger partial charge in [-0.1, -0.05) is 13.0 Å². The third-order valence-corrected chi connectivity index (χ3v) is 6.52. The van der Waals surface area contributed by atoms with Gasteiger partial charge >= 0.3 is 0 Å². The molecule has 3 fully saturated rings. The molecule has 0 aromatic carbocycles. The number of aliphatic hydroxyl groups excluding tert-OH is 1. The van der Waals surface area contributed by atoms with E-state index in [9.17, 15) is 5.11 Å². The van der Waals surface area contributed by atoms with Crippen LogP contribution in [0.4, 0.5) is 0 Å². The summed E-state index contributed by atoms with van der Waals surface area (Å²) in [6, 6.07) is 0. The first-order valence-electron chi connectivity index (χ1n) is 7.02. The molecule has 2 heteroatoms. The van der Waals surface area contributed by atoms with Crippen molar-refractivity contribution in [1.82, 2.24) is 0 Å². The van der Waals surface area contributed by atoms with E-state index in [0.717, 1.165) is 18.8 Å². The van der Waals surface area contributed by atoms with Crippen molar-refractivity contribution in [2.24, 2.45) is 17.3 Å². The quantitative estimate of drug-likeness (QED) is 0.653. The van der Waals surface area contributed by atoms with Gasteiger partial charge in [0.05, 0.1) is 11.7 Å². The highest BCUT2D eigenvalue weighted by Gasteiger charge is 2.71. The normalized spacial score (nSPS) is 63.8. The summed E-state index contributed by atoms with van der Waals surface area (Å²) in [7, 11) is 0. The minimum Gasteiger partial charge on any atom is -0.389 e. The molecule has 2 nitrogen and oxygen atoms in total. The van der Waals surface area contributed by atoms with Crippen LogP contribution in [0.5, 0.6) is 0 Å². The van der Waals surface area contributed by atoms with Crippen molar-refractivity contribution in [3.05, 3.63) is 11.6 Å². The van der Waals surface area contributed by atoms with Crippen molar-refractivity contribution in [3.8, 4) is 0 Å². The van der Waals surface area contributed by atoms with Crippen LogP contribution < -0.4 is 0 Å². The monoisotopic (exact) mass is 234 g/mol. The van der Waals surface area contributed by atoms with E-state index >= 15 is 0 Å². The molecule has 4 rings (SSSR count). The average Bonchev–Trinajstić information content (AvgIpc) is 2.62. The SMILES string of the molecule is CC1CC=C2[C@]13CC[C@@]1(C)O[C@@]2(C)[C@@H](O)[C@H]1C3. The zero-order chi connectivity index (χ0) is 12.1. The molecule has 0 radical (unpaired) electrons. The Bertz CT molecular complexity index is 429. The van der Waals surface area contributed by atoms with Gasteiger partial charge in [0.25, 0.3) is 0 Å². The highest BCUT2D eigenvalue weighted by Crippen LogP contribution is 2.70. The van der Waals surface area contributed by atoms with Gasteiger partial charge in [0.15, 0.2) is 0 Å². The molecule has 1 aliphatic heterocycles. The van der Waals surface area contributed by atoms with Crippen LogP contribution in [0.25, 0.3) is 0 Å². The maximum absolute atomic E-state index is 10.6. The van der Waals surface area contributed by atoms with E-state index in [1.54, 1.807) is 0 Å². The van der Waals surface area contributed by atoms with Gasteiger partial charge in [0.1, 0.15) is 5.60 Å². The number of allylic oxidation sites excluding steroid dienone is 1. The Morgan fingerprint density at radius 1 is 1.35 bits per heavy atom. The van der Waals surface area contributed by atoms with E-state index in [-0.39, 0.29) is 17.3 Å². The van der Waals surface area contributed by atoms with Gasteiger partial charge < -0.3 is 9.84 Å². The van der Waals surface area contributed by atoms with Crippen LogP contribution in [0, 0.1) is 17.3 Å². The molecule has 3 aliphatic carbocycles. The van der Waals surface area contributed by atoms with Crippen molar-refractivity contribution >= 4 is 0 Å². The summed E-state index contributed by atoms with van der Waals surface area (Å²) in [5.41, 5.74) is 1.32. The molecule has 0 aromatic rings. The number of fused-ring (bicyclic) bond motifs is 2. The fourth-order valence-corrected chi connectivity index (χ4v) is 5.46. The largest absolute Gasteiger partial charge is 0.389 e. The van der Waals surface area contributed by atoms with Gasteiger partial charge in [0.2, 0.25) is 0 Å². The molecule has 94 valence electrons. The summed E-state index contributed by atoms with van der Waals surface area (Å²) >= 11 is 0. The van der Waals surface area contributed by atoms with Gasteiger partial charge in [-0.05, 0) is 56.4 Å². The molecule has 1 spiro atoms. The Balaban J connectivity index is 1.95. The lowest BCUT2D eigenvalue weighted by atomic mass is 9.51. The van der Waals surface area contributed by atoms with Crippen molar-refractivity contribution in [1.29, 1.82) is 0 Å². The summed E-state index contributed by atoms with van der Waals surface area (Å²) in [4.78, 5) is 0. The Morgan fingerprint density at radius 3 is 2.88 bits per heavy atom. The lowest BCUT2D eigenvalue weighted by Crippen LogP contribution is -2.54. The van der Waals surface area contributed by atoms with Crippen molar-refractivity contribution in [2.75, 3.05) is 0 Å². The molecule has 0 amide bonds. The van der Waals surface area contributed by atoms with E-state index in [1.165, 1.54) is 18.4 Å². The van der Waals surface area contributed by atoms with Gasteiger partial charge in [-0.2, -0.15) is 0 Å². The van der Waals surface area contributed by atoms with Crippen molar-refractivity contribution in [3.63, 3.8) is 0 Å². The Labute approximate surface area is 103 Å². The predicted octanol–water partition coefficient (Wildman–Crippen LogP) is 2.66. The van der Waals surface area contributed by atoms with Gasteiger partial charge in [-0.15, -0.1) is 0 Å². The van der Waals surface area contributed by atoms with Gasteiger partial charge in [-0.25, -0.2) is 0 Å². The molecule has 3 bridgehead atoms. The highest BCUT2D eigenvalue weighted by atomic mass is 16.5. The van der Waals surface area contributed by atoms with Gasteiger partial charge in [-0.3, -0.25) is 0 Å². The molecule has 0 aromatic heterocycles. The molecule has 1 N–H and O–H groups in total. The molecule has 6 atom stereocenters. The smallest absolute Gasteiger partial charge is 0.114 e. The summed E-state index contributed by atoms with van der Waals surface area (Å²) in [6.45, 7) is 6.72. The van der Waals surface area contributed by atoms with Crippen LogP contribution in [0.15, 0.2) is 11.6 Å². The summed E-state index contributed by atoms with van der Waals surface area (Å²) in [5, 5.41) is 10.6. The zero-order valence-electron chi connectivity index (χ0n) is 11.0. The molecule has 1 saturated heterocycles. The first-order valence-corrected chi connectivity index (χ1v) is 7.02. The fourth-order valence-electron chi connectivity index (χ4n) is 5.46. The van der Waals surface area contributed by atoms with Gasteiger partial charge in [0, 0.05) is 5.92 Å².